The van der Waals surface area contributed by atoms with Crippen LogP contribution >= 0.6 is 23.2 Å². The maximum absolute atomic E-state index is 13.4. The van der Waals surface area contributed by atoms with Gasteiger partial charge in [0.15, 0.2) is 0 Å². The highest BCUT2D eigenvalue weighted by Crippen LogP contribution is 2.35. The Morgan fingerprint density at radius 1 is 1.09 bits per heavy atom. The summed E-state index contributed by atoms with van der Waals surface area (Å²) in [5, 5.41) is 3.66. The highest BCUT2D eigenvalue weighted by molar-refractivity contribution is 6.36. The van der Waals surface area contributed by atoms with E-state index in [4.69, 9.17) is 23.2 Å². The molecule has 3 rings (SSSR count). The van der Waals surface area contributed by atoms with Gasteiger partial charge in [-0.15, -0.1) is 0 Å². The second-order valence-electron chi connectivity index (χ2n) is 9.87. The van der Waals surface area contributed by atoms with Crippen molar-refractivity contribution in [2.45, 2.75) is 65.1 Å². The third kappa shape index (κ3) is 5.81. The van der Waals surface area contributed by atoms with E-state index in [2.05, 4.69) is 5.32 Å². The lowest BCUT2D eigenvalue weighted by atomic mass is 9.85. The molecule has 184 valence electrons. The van der Waals surface area contributed by atoms with Gasteiger partial charge in [-0.1, -0.05) is 41.4 Å². The quantitative estimate of drug-likeness (QED) is 0.446. The Hall–Kier alpha value is -2.38. The van der Waals surface area contributed by atoms with Gasteiger partial charge in [-0.05, 0) is 52.7 Å². The summed E-state index contributed by atoms with van der Waals surface area (Å²) in [6.45, 7) is 7.20. The molecule has 0 spiro atoms. The summed E-state index contributed by atoms with van der Waals surface area (Å²) >= 11 is 12.7. The van der Waals surface area contributed by atoms with Crippen molar-refractivity contribution in [2.24, 2.45) is 11.8 Å². The minimum absolute atomic E-state index is 0.0210. The van der Waals surface area contributed by atoms with E-state index >= 15 is 0 Å². The molecule has 0 radical (unpaired) electrons. The molecule has 1 aromatic carbocycles. The number of nitrogens with zero attached hydrogens (tertiary/aromatic N) is 2. The first kappa shape index (κ1) is 26.2. The molecule has 1 aromatic rings. The summed E-state index contributed by atoms with van der Waals surface area (Å²) in [4.78, 5) is 54.4. The Labute approximate surface area is 210 Å². The van der Waals surface area contributed by atoms with Crippen molar-refractivity contribution in [3.05, 3.63) is 46.0 Å². The van der Waals surface area contributed by atoms with Crippen molar-refractivity contribution in [3.63, 3.8) is 0 Å². The standard InChI is InChI=1S/C25H31Cl2N3O4/c1-15(22(32)28-25(2,3)4)30(14-18-19(26)10-7-11-20(18)27)21(31)12-13-29-23(33)16-8-5-6-9-17(16)24(29)34/h5-7,10-11,15-17H,8-9,12-14H2,1-4H3,(H,28,32)/t15-,16-,17+/m0/s1. The molecule has 1 saturated heterocycles. The van der Waals surface area contributed by atoms with Crippen LogP contribution in [0.15, 0.2) is 30.4 Å². The van der Waals surface area contributed by atoms with Gasteiger partial charge in [-0.25, -0.2) is 0 Å². The average Bonchev–Trinajstić information content (AvgIpc) is 3.00. The fourth-order valence-electron chi connectivity index (χ4n) is 4.35. The molecular weight excluding hydrogens is 477 g/mol. The van der Waals surface area contributed by atoms with E-state index in [0.717, 1.165) is 0 Å². The third-order valence-corrected chi connectivity index (χ3v) is 6.91. The number of hydrogen-bond donors (Lipinski definition) is 1. The van der Waals surface area contributed by atoms with Crippen LogP contribution in [0.1, 0.15) is 52.5 Å². The van der Waals surface area contributed by atoms with Gasteiger partial charge in [0.25, 0.3) is 0 Å². The van der Waals surface area contributed by atoms with Gasteiger partial charge in [-0.2, -0.15) is 0 Å². The first-order valence-electron chi connectivity index (χ1n) is 11.5. The first-order valence-corrected chi connectivity index (χ1v) is 12.2. The Balaban J connectivity index is 1.78. The number of carbonyl (C=O) groups excluding carboxylic acids is 4. The molecule has 9 heteroatoms. The molecule has 1 N–H and O–H groups in total. The molecule has 7 nitrogen and oxygen atoms in total. The van der Waals surface area contributed by atoms with E-state index in [0.29, 0.717) is 28.5 Å². The zero-order valence-corrected chi connectivity index (χ0v) is 21.4. The van der Waals surface area contributed by atoms with E-state index in [9.17, 15) is 19.2 Å². The van der Waals surface area contributed by atoms with E-state index in [1.807, 2.05) is 32.9 Å². The lowest BCUT2D eigenvalue weighted by Crippen LogP contribution is -2.52. The lowest BCUT2D eigenvalue weighted by Gasteiger charge is -2.32. The molecule has 1 aliphatic heterocycles. The van der Waals surface area contributed by atoms with Crippen molar-refractivity contribution in [1.82, 2.24) is 15.1 Å². The fourth-order valence-corrected chi connectivity index (χ4v) is 4.87. The number of carbonyl (C=O) groups is 4. The molecule has 34 heavy (non-hydrogen) atoms. The summed E-state index contributed by atoms with van der Waals surface area (Å²) < 4.78 is 0. The molecule has 3 atom stereocenters. The normalized spacial score (nSPS) is 20.8. The highest BCUT2D eigenvalue weighted by Gasteiger charge is 2.47. The van der Waals surface area contributed by atoms with Gasteiger partial charge < -0.3 is 10.2 Å². The zero-order chi connectivity index (χ0) is 25.2. The molecule has 1 heterocycles. The number of nitrogens with one attached hydrogen (secondary N) is 1. The smallest absolute Gasteiger partial charge is 0.242 e. The van der Waals surface area contributed by atoms with E-state index in [1.54, 1.807) is 25.1 Å². The second-order valence-corrected chi connectivity index (χ2v) is 10.7. The summed E-state index contributed by atoms with van der Waals surface area (Å²) in [6, 6.07) is 4.22. The van der Waals surface area contributed by atoms with E-state index < -0.39 is 11.6 Å². The predicted octanol–water partition coefficient (Wildman–Crippen LogP) is 3.97. The van der Waals surface area contributed by atoms with Gasteiger partial charge in [0.2, 0.25) is 23.6 Å². The summed E-state index contributed by atoms with van der Waals surface area (Å²) in [5.41, 5.74) is 0.0425. The molecule has 0 unspecified atom stereocenters. The fraction of sp³-hybridized carbons (Fsp3) is 0.520. The number of fused-ring (bicyclic) bond motifs is 1. The topological polar surface area (TPSA) is 86.8 Å². The van der Waals surface area contributed by atoms with E-state index in [1.165, 1.54) is 9.80 Å². The molecule has 0 saturated carbocycles. The van der Waals surface area contributed by atoms with Crippen LogP contribution in [0.3, 0.4) is 0 Å². The van der Waals surface area contributed by atoms with Gasteiger partial charge in [0.1, 0.15) is 6.04 Å². The number of amides is 4. The maximum Gasteiger partial charge on any atom is 0.242 e. The molecule has 2 aliphatic rings. The summed E-state index contributed by atoms with van der Waals surface area (Å²) in [6.07, 6.45) is 4.83. The Kier molecular flexibility index (Phi) is 8.09. The van der Waals surface area contributed by atoms with Gasteiger partial charge >= 0.3 is 0 Å². The number of hydrogen-bond acceptors (Lipinski definition) is 4. The maximum atomic E-state index is 13.4. The lowest BCUT2D eigenvalue weighted by molar-refractivity contribution is -0.144. The Morgan fingerprint density at radius 3 is 2.12 bits per heavy atom. The van der Waals surface area contributed by atoms with Crippen molar-refractivity contribution in [3.8, 4) is 0 Å². The largest absolute Gasteiger partial charge is 0.350 e. The van der Waals surface area contributed by atoms with Gasteiger partial charge in [0.05, 0.1) is 11.8 Å². The molecule has 1 aliphatic carbocycles. The van der Waals surface area contributed by atoms with Crippen LogP contribution in [0.25, 0.3) is 0 Å². The highest BCUT2D eigenvalue weighted by atomic mass is 35.5. The minimum Gasteiger partial charge on any atom is -0.350 e. The Bertz CT molecular complexity index is 972. The number of benzene rings is 1. The number of imide groups is 1. The van der Waals surface area contributed by atoms with Gasteiger partial charge in [0, 0.05) is 40.7 Å². The predicted molar refractivity (Wildman–Crippen MR) is 131 cm³/mol. The molecule has 4 amide bonds. The third-order valence-electron chi connectivity index (χ3n) is 6.20. The van der Waals surface area contributed by atoms with Crippen molar-refractivity contribution < 1.29 is 19.2 Å². The Morgan fingerprint density at radius 2 is 1.62 bits per heavy atom. The first-order chi connectivity index (χ1) is 15.9. The zero-order valence-electron chi connectivity index (χ0n) is 19.9. The molecule has 0 bridgehead atoms. The minimum atomic E-state index is -0.823. The van der Waals surface area contributed by atoms with Crippen LogP contribution in [0, 0.1) is 11.8 Å². The summed E-state index contributed by atoms with van der Waals surface area (Å²) in [7, 11) is 0. The monoisotopic (exact) mass is 507 g/mol. The second kappa shape index (κ2) is 10.5. The van der Waals surface area contributed by atoms with Gasteiger partial charge in [-0.3, -0.25) is 24.1 Å². The van der Waals surface area contributed by atoms with Crippen molar-refractivity contribution in [2.75, 3.05) is 6.54 Å². The van der Waals surface area contributed by atoms with E-state index in [-0.39, 0.29) is 55.0 Å². The number of likely N-dealkylation sites (tertiary alicyclic amines) is 1. The molecule has 1 fully saturated rings. The van der Waals surface area contributed by atoms with Crippen LogP contribution in [0.2, 0.25) is 10.0 Å². The van der Waals surface area contributed by atoms with Crippen molar-refractivity contribution >= 4 is 46.8 Å². The van der Waals surface area contributed by atoms with Crippen molar-refractivity contribution in [1.29, 1.82) is 0 Å². The van der Waals surface area contributed by atoms with Crippen LogP contribution < -0.4 is 5.32 Å². The van der Waals surface area contributed by atoms with Crippen LogP contribution in [-0.2, 0) is 25.7 Å². The SMILES string of the molecule is C[C@@H](C(=O)NC(C)(C)C)N(Cc1c(Cl)cccc1Cl)C(=O)CCN1C(=O)[C@H]2CC=CC[C@H]2C1=O. The van der Waals surface area contributed by atoms with Crippen LogP contribution in [0.4, 0.5) is 0 Å². The summed E-state index contributed by atoms with van der Waals surface area (Å²) in [5.74, 6) is -1.85. The molecule has 0 aromatic heterocycles. The average molecular weight is 508 g/mol. The van der Waals surface area contributed by atoms with Crippen LogP contribution in [0.5, 0.6) is 0 Å². The van der Waals surface area contributed by atoms with Crippen LogP contribution in [-0.4, -0.2) is 51.6 Å². The number of halogens is 2. The number of allylic oxidation sites excluding steroid dienone is 2. The molecular formula is C25H31Cl2N3O4. The number of rotatable bonds is 7.